The number of amides is 1. The minimum absolute atomic E-state index is 0.226. The highest BCUT2D eigenvalue weighted by atomic mass is 32.2. The van der Waals surface area contributed by atoms with Crippen LogP contribution in [0.2, 0.25) is 0 Å². The Kier molecular flexibility index (Phi) is 4.88. The van der Waals surface area contributed by atoms with Gasteiger partial charge in [-0.05, 0) is 24.8 Å². The summed E-state index contributed by atoms with van der Waals surface area (Å²) in [6, 6.07) is 4.15. The summed E-state index contributed by atoms with van der Waals surface area (Å²) in [6.45, 7) is 4.28. The Morgan fingerprint density at radius 2 is 2.47 bits per heavy atom. The predicted octanol–water partition coefficient (Wildman–Crippen LogP) is 2.75. The number of thiophene rings is 1. The molecule has 3 nitrogen and oxygen atoms in total. The third-order valence-electron chi connectivity index (χ3n) is 2.65. The van der Waals surface area contributed by atoms with Gasteiger partial charge in [0.1, 0.15) is 5.37 Å². The lowest BCUT2D eigenvalue weighted by molar-refractivity contribution is -0.128. The molecule has 5 heteroatoms. The van der Waals surface area contributed by atoms with Crippen LogP contribution >= 0.6 is 23.1 Å². The van der Waals surface area contributed by atoms with E-state index in [4.69, 9.17) is 4.74 Å². The highest BCUT2D eigenvalue weighted by Gasteiger charge is 2.32. The molecule has 17 heavy (non-hydrogen) atoms. The number of carbonyl (C=O) groups excluding carboxylic acids is 1. The summed E-state index contributed by atoms with van der Waals surface area (Å²) in [7, 11) is 0. The van der Waals surface area contributed by atoms with Gasteiger partial charge in [0, 0.05) is 24.6 Å². The van der Waals surface area contributed by atoms with Crippen LogP contribution in [0, 0.1) is 0 Å². The molecule has 1 aliphatic heterocycles. The van der Waals surface area contributed by atoms with Gasteiger partial charge in [-0.15, -0.1) is 23.1 Å². The first-order chi connectivity index (χ1) is 8.33. The number of nitrogens with zero attached hydrogens (tertiary/aromatic N) is 1. The van der Waals surface area contributed by atoms with Crippen molar-refractivity contribution >= 4 is 29.0 Å². The molecular weight excluding hydrogens is 254 g/mol. The van der Waals surface area contributed by atoms with E-state index >= 15 is 0 Å². The van der Waals surface area contributed by atoms with Crippen molar-refractivity contribution in [2.45, 2.75) is 18.7 Å². The van der Waals surface area contributed by atoms with Crippen molar-refractivity contribution in [3.05, 3.63) is 22.4 Å². The number of ether oxygens (including phenoxy) is 1. The van der Waals surface area contributed by atoms with E-state index in [0.29, 0.717) is 5.75 Å². The molecular formula is C12H17NO2S2. The smallest absolute Gasteiger partial charge is 0.233 e. The molecule has 1 aromatic heterocycles. The third kappa shape index (κ3) is 3.24. The van der Waals surface area contributed by atoms with Crippen molar-refractivity contribution < 1.29 is 9.53 Å². The zero-order chi connectivity index (χ0) is 12.1. The van der Waals surface area contributed by atoms with Gasteiger partial charge in [-0.3, -0.25) is 4.79 Å². The normalized spacial score (nSPS) is 20.2. The standard InChI is InChI=1S/C12H17NO2S2/c1-2-15-7-4-6-13-11(14)9-17-12(13)10-5-3-8-16-10/h3,5,8,12H,2,4,6-7,9H2,1H3. The molecule has 1 fully saturated rings. The lowest BCUT2D eigenvalue weighted by Gasteiger charge is -2.22. The Labute approximate surface area is 110 Å². The summed E-state index contributed by atoms with van der Waals surface area (Å²) >= 11 is 3.45. The maximum Gasteiger partial charge on any atom is 0.233 e. The van der Waals surface area contributed by atoms with Gasteiger partial charge in [0.05, 0.1) is 5.75 Å². The number of hydrogen-bond donors (Lipinski definition) is 0. The first kappa shape index (κ1) is 12.9. The Bertz CT molecular complexity index is 353. The van der Waals surface area contributed by atoms with Gasteiger partial charge >= 0.3 is 0 Å². The Hall–Kier alpha value is -0.520. The van der Waals surface area contributed by atoms with E-state index in [1.807, 2.05) is 17.9 Å². The zero-order valence-electron chi connectivity index (χ0n) is 9.93. The van der Waals surface area contributed by atoms with Crippen LogP contribution in [0.3, 0.4) is 0 Å². The fraction of sp³-hybridized carbons (Fsp3) is 0.583. The Morgan fingerprint density at radius 1 is 1.59 bits per heavy atom. The van der Waals surface area contributed by atoms with Crippen molar-refractivity contribution in [3.63, 3.8) is 0 Å². The summed E-state index contributed by atoms with van der Waals surface area (Å²) in [5.74, 6) is 0.863. The van der Waals surface area contributed by atoms with Gasteiger partial charge in [0.2, 0.25) is 5.91 Å². The molecule has 1 aliphatic rings. The average molecular weight is 271 g/mol. The van der Waals surface area contributed by atoms with Gasteiger partial charge < -0.3 is 9.64 Å². The van der Waals surface area contributed by atoms with Gasteiger partial charge in [0.15, 0.2) is 0 Å². The second-order valence-corrected chi connectivity index (χ2v) is 5.86. The van der Waals surface area contributed by atoms with E-state index in [2.05, 4.69) is 11.4 Å². The van der Waals surface area contributed by atoms with Crippen LogP contribution in [0.1, 0.15) is 23.6 Å². The third-order valence-corrected chi connectivity index (χ3v) is 4.96. The van der Waals surface area contributed by atoms with Crippen molar-refractivity contribution in [3.8, 4) is 0 Å². The quantitative estimate of drug-likeness (QED) is 0.745. The van der Waals surface area contributed by atoms with E-state index < -0.39 is 0 Å². The molecule has 0 aromatic carbocycles. The van der Waals surface area contributed by atoms with Crippen molar-refractivity contribution in [1.29, 1.82) is 0 Å². The zero-order valence-corrected chi connectivity index (χ0v) is 11.6. The van der Waals surface area contributed by atoms with E-state index in [-0.39, 0.29) is 11.3 Å². The van der Waals surface area contributed by atoms with Crippen molar-refractivity contribution in [2.24, 2.45) is 0 Å². The van der Waals surface area contributed by atoms with Crippen LogP contribution in [0.15, 0.2) is 17.5 Å². The lowest BCUT2D eigenvalue weighted by Crippen LogP contribution is -2.29. The molecule has 0 bridgehead atoms. The average Bonchev–Trinajstić information content (AvgIpc) is 2.94. The molecule has 1 saturated heterocycles. The van der Waals surface area contributed by atoms with Crippen LogP contribution < -0.4 is 0 Å². The van der Waals surface area contributed by atoms with E-state index in [0.717, 1.165) is 26.2 Å². The summed E-state index contributed by atoms with van der Waals surface area (Å²) in [5.41, 5.74) is 0. The van der Waals surface area contributed by atoms with Crippen molar-refractivity contribution in [2.75, 3.05) is 25.5 Å². The topological polar surface area (TPSA) is 29.5 Å². The van der Waals surface area contributed by atoms with E-state index in [1.54, 1.807) is 23.1 Å². The summed E-state index contributed by atoms with van der Waals surface area (Å²) in [5, 5.41) is 2.29. The fourth-order valence-corrected chi connectivity index (χ4v) is 4.04. The molecule has 0 aliphatic carbocycles. The molecule has 0 saturated carbocycles. The molecule has 1 atom stereocenters. The van der Waals surface area contributed by atoms with E-state index in [1.165, 1.54) is 4.88 Å². The summed E-state index contributed by atoms with van der Waals surface area (Å²) < 4.78 is 5.31. The largest absolute Gasteiger partial charge is 0.382 e. The van der Waals surface area contributed by atoms with Gasteiger partial charge in [-0.2, -0.15) is 0 Å². The minimum Gasteiger partial charge on any atom is -0.382 e. The highest BCUT2D eigenvalue weighted by molar-refractivity contribution is 8.00. The number of carbonyl (C=O) groups is 1. The molecule has 0 spiro atoms. The van der Waals surface area contributed by atoms with Crippen LogP contribution in [-0.4, -0.2) is 36.3 Å². The van der Waals surface area contributed by atoms with Crippen molar-refractivity contribution in [1.82, 2.24) is 4.90 Å². The number of hydrogen-bond acceptors (Lipinski definition) is 4. The Balaban J connectivity index is 1.90. The molecule has 1 aromatic rings. The second kappa shape index (κ2) is 6.42. The first-order valence-electron chi connectivity index (χ1n) is 5.85. The van der Waals surface area contributed by atoms with Gasteiger partial charge in [-0.1, -0.05) is 6.07 Å². The predicted molar refractivity (Wildman–Crippen MR) is 72.3 cm³/mol. The molecule has 94 valence electrons. The molecule has 0 N–H and O–H groups in total. The fourth-order valence-electron chi connectivity index (χ4n) is 1.84. The maximum absolute atomic E-state index is 11.8. The SMILES string of the molecule is CCOCCCN1C(=O)CSC1c1cccs1. The molecule has 0 radical (unpaired) electrons. The lowest BCUT2D eigenvalue weighted by atomic mass is 10.3. The van der Waals surface area contributed by atoms with Gasteiger partial charge in [0.25, 0.3) is 0 Å². The summed E-state index contributed by atoms with van der Waals surface area (Å²) in [6.07, 6.45) is 0.919. The van der Waals surface area contributed by atoms with Crippen LogP contribution in [-0.2, 0) is 9.53 Å². The first-order valence-corrected chi connectivity index (χ1v) is 7.78. The van der Waals surface area contributed by atoms with Crippen LogP contribution in [0.4, 0.5) is 0 Å². The highest BCUT2D eigenvalue weighted by Crippen LogP contribution is 2.40. The molecule has 2 heterocycles. The van der Waals surface area contributed by atoms with Gasteiger partial charge in [-0.25, -0.2) is 0 Å². The van der Waals surface area contributed by atoms with Crippen LogP contribution in [0.5, 0.6) is 0 Å². The maximum atomic E-state index is 11.8. The minimum atomic E-state index is 0.226. The Morgan fingerprint density at radius 3 is 3.18 bits per heavy atom. The second-order valence-electron chi connectivity index (χ2n) is 3.82. The molecule has 1 unspecified atom stereocenters. The summed E-state index contributed by atoms with van der Waals surface area (Å²) in [4.78, 5) is 15.1. The van der Waals surface area contributed by atoms with Crippen LogP contribution in [0.25, 0.3) is 0 Å². The van der Waals surface area contributed by atoms with E-state index in [9.17, 15) is 4.79 Å². The number of thioether (sulfide) groups is 1. The molecule has 2 rings (SSSR count). The number of rotatable bonds is 6. The molecule has 1 amide bonds. The monoisotopic (exact) mass is 271 g/mol.